The van der Waals surface area contributed by atoms with Crippen molar-refractivity contribution >= 4 is 21.7 Å². The van der Waals surface area contributed by atoms with Crippen LogP contribution in [0.25, 0.3) is 0 Å². The Kier molecular flexibility index (Phi) is 4.68. The van der Waals surface area contributed by atoms with Gasteiger partial charge in [-0.2, -0.15) is 8.42 Å². The van der Waals surface area contributed by atoms with E-state index in [0.717, 1.165) is 0 Å². The minimum Gasteiger partial charge on any atom is -1.00 e. The van der Waals surface area contributed by atoms with Crippen LogP contribution in [0.4, 0.5) is 0 Å². The molecule has 0 aromatic carbocycles. The minimum absolute atomic E-state index is 0. The molecule has 0 unspecified atom stereocenters. The standard InChI is InChI=1S/C5H4ClNO3S.Na.H/c6-5-4(11(8,9)10)2-1-3-7-5;;/h1-3H,(H,8,9,10);;/q;+1;-1. The zero-order chi connectivity index (χ0) is 8.48. The minimum atomic E-state index is -4.23. The molecule has 0 fully saturated rings. The van der Waals surface area contributed by atoms with Crippen LogP contribution in [0.1, 0.15) is 1.43 Å². The van der Waals surface area contributed by atoms with Crippen LogP contribution in [0.15, 0.2) is 23.2 Å². The van der Waals surface area contributed by atoms with Crippen molar-refractivity contribution in [3.05, 3.63) is 23.5 Å². The van der Waals surface area contributed by atoms with Gasteiger partial charge in [0.1, 0.15) is 10.0 Å². The molecule has 0 spiro atoms. The van der Waals surface area contributed by atoms with E-state index in [4.69, 9.17) is 16.2 Å². The SMILES string of the molecule is O=S(=O)(O)c1cccnc1Cl.[H-].[Na+]. The Bertz CT molecular complexity index is 372. The quantitative estimate of drug-likeness (QED) is 0.339. The van der Waals surface area contributed by atoms with Gasteiger partial charge >= 0.3 is 29.6 Å². The zero-order valence-electron chi connectivity index (χ0n) is 7.23. The van der Waals surface area contributed by atoms with E-state index in [9.17, 15) is 8.42 Å². The van der Waals surface area contributed by atoms with Crippen LogP contribution >= 0.6 is 11.6 Å². The molecule has 4 nitrogen and oxygen atoms in total. The topological polar surface area (TPSA) is 67.3 Å². The molecule has 0 bridgehead atoms. The van der Waals surface area contributed by atoms with Crippen molar-refractivity contribution in [1.29, 1.82) is 0 Å². The fourth-order valence-electron chi connectivity index (χ4n) is 0.564. The van der Waals surface area contributed by atoms with Gasteiger partial charge < -0.3 is 1.43 Å². The van der Waals surface area contributed by atoms with Crippen molar-refractivity contribution < 1.29 is 44.0 Å². The van der Waals surface area contributed by atoms with E-state index in [1.807, 2.05) is 0 Å². The van der Waals surface area contributed by atoms with E-state index in [1.54, 1.807) is 0 Å². The van der Waals surface area contributed by atoms with Crippen LogP contribution < -0.4 is 29.6 Å². The Morgan fingerprint density at radius 3 is 2.50 bits per heavy atom. The number of hydrogen-bond acceptors (Lipinski definition) is 3. The fourth-order valence-corrected chi connectivity index (χ4v) is 1.49. The Morgan fingerprint density at radius 1 is 1.58 bits per heavy atom. The first kappa shape index (κ1) is 12.3. The van der Waals surface area contributed by atoms with Gasteiger partial charge in [0.25, 0.3) is 10.1 Å². The third-order valence-corrected chi connectivity index (χ3v) is 2.30. The van der Waals surface area contributed by atoms with Crippen LogP contribution in [0.5, 0.6) is 0 Å². The normalized spacial score (nSPS) is 10.5. The zero-order valence-corrected chi connectivity index (χ0v) is 9.80. The first-order valence-electron chi connectivity index (χ1n) is 2.60. The summed E-state index contributed by atoms with van der Waals surface area (Å²) < 4.78 is 29.5. The summed E-state index contributed by atoms with van der Waals surface area (Å²) in [6.07, 6.45) is 1.33. The molecule has 7 heteroatoms. The van der Waals surface area contributed by atoms with Gasteiger partial charge in [-0.3, -0.25) is 4.55 Å². The van der Waals surface area contributed by atoms with Crippen molar-refractivity contribution in [2.24, 2.45) is 0 Å². The number of pyridine rings is 1. The van der Waals surface area contributed by atoms with Crippen molar-refractivity contribution in [3.63, 3.8) is 0 Å². The van der Waals surface area contributed by atoms with Crippen molar-refractivity contribution in [1.82, 2.24) is 4.98 Å². The third kappa shape index (κ3) is 3.01. The van der Waals surface area contributed by atoms with E-state index in [-0.39, 0.29) is 41.0 Å². The van der Waals surface area contributed by atoms with Gasteiger partial charge in [-0.25, -0.2) is 4.98 Å². The maximum atomic E-state index is 10.5. The summed E-state index contributed by atoms with van der Waals surface area (Å²) in [6, 6.07) is 2.54. The first-order chi connectivity index (χ1) is 5.02. The van der Waals surface area contributed by atoms with Gasteiger partial charge in [0, 0.05) is 6.20 Å². The molecular formula is C5H5ClNNaO3S. The molecule has 0 aliphatic carbocycles. The predicted molar refractivity (Wildman–Crippen MR) is 40.2 cm³/mol. The number of rotatable bonds is 1. The van der Waals surface area contributed by atoms with Gasteiger partial charge in [-0.05, 0) is 12.1 Å². The second kappa shape index (κ2) is 4.55. The molecule has 0 amide bonds. The van der Waals surface area contributed by atoms with Crippen LogP contribution in [-0.2, 0) is 10.1 Å². The van der Waals surface area contributed by atoms with Crippen LogP contribution in [0.3, 0.4) is 0 Å². The Balaban J connectivity index is 0. The molecule has 1 aromatic heterocycles. The number of halogens is 1. The Morgan fingerprint density at radius 2 is 2.17 bits per heavy atom. The maximum absolute atomic E-state index is 10.5. The van der Waals surface area contributed by atoms with E-state index >= 15 is 0 Å². The molecule has 1 heterocycles. The average molecular weight is 218 g/mol. The molecule has 12 heavy (non-hydrogen) atoms. The molecule has 0 radical (unpaired) electrons. The molecule has 1 aromatic rings. The van der Waals surface area contributed by atoms with Crippen LogP contribution in [0, 0.1) is 0 Å². The van der Waals surface area contributed by atoms with Gasteiger partial charge in [0.2, 0.25) is 0 Å². The summed E-state index contributed by atoms with van der Waals surface area (Å²) in [5.74, 6) is 0. The van der Waals surface area contributed by atoms with E-state index in [2.05, 4.69) is 4.98 Å². The molecule has 0 aliphatic rings. The van der Waals surface area contributed by atoms with Gasteiger partial charge in [-0.15, -0.1) is 0 Å². The Labute approximate surface area is 98.5 Å². The van der Waals surface area contributed by atoms with E-state index in [0.29, 0.717) is 0 Å². The third-order valence-electron chi connectivity index (χ3n) is 1.00. The molecule has 0 aliphatic heterocycles. The van der Waals surface area contributed by atoms with Crippen molar-refractivity contribution in [3.8, 4) is 0 Å². The first-order valence-corrected chi connectivity index (χ1v) is 4.41. The van der Waals surface area contributed by atoms with E-state index < -0.39 is 10.1 Å². The predicted octanol–water partition coefficient (Wildman–Crippen LogP) is -1.90. The van der Waals surface area contributed by atoms with Gasteiger partial charge in [0.15, 0.2) is 0 Å². The maximum Gasteiger partial charge on any atom is 1.00 e. The second-order valence-corrected chi connectivity index (χ2v) is 3.52. The summed E-state index contributed by atoms with van der Waals surface area (Å²) >= 11 is 5.36. The molecule has 0 saturated heterocycles. The van der Waals surface area contributed by atoms with Crippen molar-refractivity contribution in [2.75, 3.05) is 0 Å². The van der Waals surface area contributed by atoms with Gasteiger partial charge in [-0.1, -0.05) is 11.6 Å². The smallest absolute Gasteiger partial charge is 1.00 e. The Hall–Kier alpha value is 0.350. The molecule has 1 N–H and O–H groups in total. The largest absolute Gasteiger partial charge is 1.00 e. The summed E-state index contributed by atoms with van der Waals surface area (Å²) in [5, 5.41) is -0.227. The van der Waals surface area contributed by atoms with Crippen LogP contribution in [-0.4, -0.2) is 18.0 Å². The molecule has 0 saturated carbocycles. The second-order valence-electron chi connectivity index (χ2n) is 1.77. The summed E-state index contributed by atoms with van der Waals surface area (Å²) in [4.78, 5) is 3.10. The average Bonchev–Trinajstić information content (AvgIpc) is 1.86. The molecule has 1 rings (SSSR count). The van der Waals surface area contributed by atoms with Gasteiger partial charge in [0.05, 0.1) is 0 Å². The fraction of sp³-hybridized carbons (Fsp3) is 0. The van der Waals surface area contributed by atoms with E-state index in [1.165, 1.54) is 18.3 Å². The monoisotopic (exact) mass is 217 g/mol. The molecular weight excluding hydrogens is 213 g/mol. The van der Waals surface area contributed by atoms with Crippen LogP contribution in [0.2, 0.25) is 5.15 Å². The number of aromatic nitrogens is 1. The molecule has 0 atom stereocenters. The number of nitrogens with zero attached hydrogens (tertiary/aromatic N) is 1. The molecule has 62 valence electrons. The summed E-state index contributed by atoms with van der Waals surface area (Å²) in [6.45, 7) is 0. The summed E-state index contributed by atoms with van der Waals surface area (Å²) in [5.41, 5.74) is 0. The summed E-state index contributed by atoms with van der Waals surface area (Å²) in [7, 11) is -4.23. The van der Waals surface area contributed by atoms with Crippen molar-refractivity contribution in [2.45, 2.75) is 4.90 Å². The number of hydrogen-bond donors (Lipinski definition) is 1.